The second kappa shape index (κ2) is 12.4. The Morgan fingerprint density at radius 2 is 1.80 bits per heavy atom. The van der Waals surface area contributed by atoms with Crippen molar-refractivity contribution in [3.63, 3.8) is 0 Å². The quantitative estimate of drug-likeness (QED) is 0.190. The number of nitrogens with zero attached hydrogens (tertiary/aromatic N) is 4. The molecule has 256 valence electrons. The molecule has 3 aliphatic heterocycles. The van der Waals surface area contributed by atoms with E-state index in [-0.39, 0.29) is 17.2 Å². The van der Waals surface area contributed by atoms with Crippen LogP contribution in [0.1, 0.15) is 44.7 Å². The van der Waals surface area contributed by atoms with Crippen LogP contribution in [0.25, 0.3) is 31.9 Å². The first-order valence-corrected chi connectivity index (χ1v) is 18.0. The number of ether oxygens (including phenoxy) is 1. The van der Waals surface area contributed by atoms with Crippen LogP contribution < -0.4 is 15.1 Å². The Morgan fingerprint density at radius 3 is 2.63 bits per heavy atom. The van der Waals surface area contributed by atoms with Gasteiger partial charge in [0.05, 0.1) is 21.6 Å². The largest absolute Gasteiger partial charge is 0.381 e. The van der Waals surface area contributed by atoms with Gasteiger partial charge in [0.1, 0.15) is 17.3 Å². The van der Waals surface area contributed by atoms with E-state index >= 15 is 0 Å². The Kier molecular flexibility index (Phi) is 7.70. The molecule has 0 atom stereocenters. The monoisotopic (exact) mass is 698 g/mol. The maximum Gasteiger partial charge on any atom is 0.259 e. The van der Waals surface area contributed by atoms with Gasteiger partial charge in [-0.15, -0.1) is 11.3 Å². The predicted molar refractivity (Wildman–Crippen MR) is 198 cm³/mol. The summed E-state index contributed by atoms with van der Waals surface area (Å²) in [6.45, 7) is 5.60. The summed E-state index contributed by atoms with van der Waals surface area (Å²) < 4.78 is 20.3. The summed E-state index contributed by atoms with van der Waals surface area (Å²) in [6, 6.07) is 23.6. The molecule has 6 heterocycles. The molecule has 1 spiro atoms. The van der Waals surface area contributed by atoms with E-state index in [2.05, 4.69) is 31.5 Å². The van der Waals surface area contributed by atoms with Gasteiger partial charge >= 0.3 is 0 Å². The third-order valence-corrected chi connectivity index (χ3v) is 11.6. The predicted octanol–water partition coefficient (Wildman–Crippen LogP) is 7.87. The van der Waals surface area contributed by atoms with E-state index < -0.39 is 5.82 Å². The van der Waals surface area contributed by atoms with E-state index in [1.54, 1.807) is 52.8 Å². The molecule has 0 unspecified atom stereocenters. The lowest BCUT2D eigenvalue weighted by Gasteiger charge is -2.53. The standard InChI is InChI=1S/C40H35FN6O3S/c1-24-18-31(37(42-21-24)46-22-40(23-46)13-16-50-17-14-40)38(48)43-28-9-6-25(7-10-28)39(49)47-15-12-26-19-34(35-29-4-2-3-5-32(29)44-45-35)51-36(26)30-11-8-27(41)20-33(30)47/h2-11,18-21H,12-17,22-23H2,1H3,(H,43,48)(H,44,45). The fourth-order valence-corrected chi connectivity index (χ4v) is 8.91. The molecule has 0 bridgehead atoms. The van der Waals surface area contributed by atoms with Crippen molar-refractivity contribution in [1.29, 1.82) is 0 Å². The van der Waals surface area contributed by atoms with Gasteiger partial charge in [0, 0.05) is 71.5 Å². The van der Waals surface area contributed by atoms with E-state index in [9.17, 15) is 14.0 Å². The Balaban J connectivity index is 0.945. The first-order chi connectivity index (χ1) is 24.8. The number of thiophene rings is 1. The van der Waals surface area contributed by atoms with Crippen molar-refractivity contribution in [3.8, 4) is 21.0 Å². The molecule has 9 rings (SSSR count). The number of para-hydroxylation sites is 1. The number of anilines is 3. The SMILES string of the molecule is Cc1cnc(N2CC3(CCOCC3)C2)c(C(=O)Nc2ccc(C(=O)N3CCc4cc(-c5n[nH]c6ccccc56)sc4-c4ccc(F)cc43)cc2)c1. The number of aromatic amines is 1. The molecule has 0 saturated carbocycles. The molecule has 0 aliphatic carbocycles. The summed E-state index contributed by atoms with van der Waals surface area (Å²) in [6.07, 6.45) is 4.45. The van der Waals surface area contributed by atoms with Crippen LogP contribution in [0.15, 0.2) is 85.1 Å². The number of amides is 2. The molecule has 3 aliphatic rings. The summed E-state index contributed by atoms with van der Waals surface area (Å²) in [5.74, 6) is -0.210. The summed E-state index contributed by atoms with van der Waals surface area (Å²) in [5, 5.41) is 11.8. The zero-order chi connectivity index (χ0) is 34.7. The highest BCUT2D eigenvalue weighted by atomic mass is 32.1. The van der Waals surface area contributed by atoms with Crippen molar-refractivity contribution in [3.05, 3.63) is 113 Å². The van der Waals surface area contributed by atoms with Crippen molar-refractivity contribution >= 4 is 51.2 Å². The van der Waals surface area contributed by atoms with Gasteiger partial charge in [-0.25, -0.2) is 9.37 Å². The number of benzene rings is 3. The number of aryl methyl sites for hydroxylation is 1. The van der Waals surface area contributed by atoms with Crippen LogP contribution in [0, 0.1) is 18.2 Å². The lowest BCUT2D eigenvalue weighted by Crippen LogP contribution is -2.59. The van der Waals surface area contributed by atoms with Crippen molar-refractivity contribution in [2.24, 2.45) is 5.41 Å². The summed E-state index contributed by atoms with van der Waals surface area (Å²) in [4.78, 5) is 38.2. The van der Waals surface area contributed by atoms with Crippen LogP contribution in [-0.4, -0.2) is 59.8 Å². The van der Waals surface area contributed by atoms with E-state index in [0.717, 1.165) is 82.2 Å². The number of hydrogen-bond donors (Lipinski definition) is 2. The van der Waals surface area contributed by atoms with Gasteiger partial charge in [0.25, 0.3) is 11.8 Å². The third-order valence-electron chi connectivity index (χ3n) is 10.4. The second-order valence-electron chi connectivity index (χ2n) is 13.8. The van der Waals surface area contributed by atoms with Crippen molar-refractivity contribution < 1.29 is 18.7 Å². The smallest absolute Gasteiger partial charge is 0.259 e. The van der Waals surface area contributed by atoms with Crippen LogP contribution in [0.4, 0.5) is 21.6 Å². The van der Waals surface area contributed by atoms with Crippen molar-refractivity contribution in [1.82, 2.24) is 15.2 Å². The van der Waals surface area contributed by atoms with Crippen molar-refractivity contribution in [2.45, 2.75) is 26.2 Å². The number of aromatic nitrogens is 3. The van der Waals surface area contributed by atoms with Crippen molar-refractivity contribution in [2.75, 3.05) is 48.0 Å². The number of rotatable bonds is 5. The van der Waals surface area contributed by atoms with Gasteiger partial charge in [-0.1, -0.05) is 18.2 Å². The van der Waals surface area contributed by atoms with Gasteiger partial charge in [0.15, 0.2) is 0 Å². The number of hydrogen-bond acceptors (Lipinski definition) is 7. The minimum atomic E-state index is -0.408. The molecule has 2 saturated heterocycles. The number of pyridine rings is 1. The number of H-pyrrole nitrogens is 1. The highest BCUT2D eigenvalue weighted by Crippen LogP contribution is 2.46. The van der Waals surface area contributed by atoms with Crippen LogP contribution in [0.2, 0.25) is 0 Å². The molecule has 2 amide bonds. The van der Waals surface area contributed by atoms with E-state index in [1.807, 2.05) is 37.3 Å². The zero-order valence-electron chi connectivity index (χ0n) is 28.0. The van der Waals surface area contributed by atoms with Crippen LogP contribution in [-0.2, 0) is 11.2 Å². The number of nitrogens with one attached hydrogen (secondary N) is 2. The maximum absolute atomic E-state index is 14.8. The van der Waals surface area contributed by atoms with E-state index in [1.165, 1.54) is 12.1 Å². The molecule has 11 heteroatoms. The molecule has 51 heavy (non-hydrogen) atoms. The minimum absolute atomic E-state index is 0.238. The first-order valence-electron chi connectivity index (χ1n) is 17.2. The summed E-state index contributed by atoms with van der Waals surface area (Å²) >= 11 is 1.60. The third kappa shape index (κ3) is 5.66. The summed E-state index contributed by atoms with van der Waals surface area (Å²) in [5.41, 5.74) is 6.96. The van der Waals surface area contributed by atoms with Gasteiger partial charge in [-0.3, -0.25) is 14.7 Å². The Labute approximate surface area is 298 Å². The fourth-order valence-electron chi connectivity index (χ4n) is 7.66. The lowest BCUT2D eigenvalue weighted by atomic mass is 9.73. The van der Waals surface area contributed by atoms with Gasteiger partial charge in [-0.2, -0.15) is 5.10 Å². The van der Waals surface area contributed by atoms with Crippen LogP contribution in [0.3, 0.4) is 0 Å². The average Bonchev–Trinajstić information content (AvgIpc) is 3.72. The molecule has 2 N–H and O–H groups in total. The Bertz CT molecular complexity index is 2320. The number of carbonyl (C=O) groups excluding carboxylic acids is 2. The topological polar surface area (TPSA) is 103 Å². The van der Waals surface area contributed by atoms with E-state index in [4.69, 9.17) is 4.74 Å². The van der Waals surface area contributed by atoms with Gasteiger partial charge < -0.3 is 19.9 Å². The number of halogens is 1. The molecule has 3 aromatic carbocycles. The summed E-state index contributed by atoms with van der Waals surface area (Å²) in [7, 11) is 0. The second-order valence-corrected chi connectivity index (χ2v) is 14.9. The lowest BCUT2D eigenvalue weighted by molar-refractivity contribution is -0.000510. The molecular weight excluding hydrogens is 664 g/mol. The fraction of sp³-hybridized carbons (Fsp3) is 0.250. The minimum Gasteiger partial charge on any atom is -0.381 e. The van der Waals surface area contributed by atoms with Crippen LogP contribution in [0.5, 0.6) is 0 Å². The molecular formula is C40H35FN6O3S. The zero-order valence-corrected chi connectivity index (χ0v) is 28.9. The van der Waals surface area contributed by atoms with E-state index in [0.29, 0.717) is 41.3 Å². The van der Waals surface area contributed by atoms with Gasteiger partial charge in [-0.05, 0) is 98.0 Å². The van der Waals surface area contributed by atoms with Crippen LogP contribution >= 0.6 is 11.3 Å². The Morgan fingerprint density at radius 1 is 1.00 bits per heavy atom. The molecule has 2 fully saturated rings. The first kappa shape index (κ1) is 31.6. The highest BCUT2D eigenvalue weighted by Gasteiger charge is 2.45. The normalized spacial score (nSPS) is 16.4. The van der Waals surface area contributed by atoms with Gasteiger partial charge in [0.2, 0.25) is 0 Å². The molecule has 9 nitrogen and oxygen atoms in total. The number of fused-ring (bicyclic) bond motifs is 4. The molecule has 0 radical (unpaired) electrons. The highest BCUT2D eigenvalue weighted by molar-refractivity contribution is 7.19. The average molecular weight is 699 g/mol. The molecule has 6 aromatic rings. The maximum atomic E-state index is 14.8. The Hall–Kier alpha value is -5.39. The molecule has 3 aromatic heterocycles. The number of carbonyl (C=O) groups is 2.